The molecule has 0 aromatic carbocycles. The Hall–Kier alpha value is -2.42. The number of carbonyl (C=O) groups is 2. The number of hydrogen-bond donors (Lipinski definition) is 1. The van der Waals surface area contributed by atoms with Gasteiger partial charge in [-0.15, -0.1) is 0 Å². The van der Waals surface area contributed by atoms with Gasteiger partial charge in [0.2, 0.25) is 0 Å². The van der Waals surface area contributed by atoms with E-state index in [1.807, 2.05) is 0 Å². The number of aromatic nitrogens is 1. The van der Waals surface area contributed by atoms with Gasteiger partial charge in [0.15, 0.2) is 5.78 Å². The fourth-order valence-electron chi connectivity index (χ4n) is 3.07. The lowest BCUT2D eigenvalue weighted by atomic mass is 9.88. The number of nitriles is 1. The van der Waals surface area contributed by atoms with Crippen LogP contribution in [0.25, 0.3) is 0 Å². The second-order valence-electron chi connectivity index (χ2n) is 7.02. The van der Waals surface area contributed by atoms with Crippen LogP contribution in [0.15, 0.2) is 24.4 Å². The third-order valence-electron chi connectivity index (χ3n) is 4.39. The lowest BCUT2D eigenvalue weighted by molar-refractivity contribution is -0.120. The maximum Gasteiger partial charge on any atom is 0.317 e. The summed E-state index contributed by atoms with van der Waals surface area (Å²) in [5, 5.41) is 12.3. The Morgan fingerprint density at radius 3 is 2.88 bits per heavy atom. The molecule has 2 heterocycles. The molecule has 1 aliphatic heterocycles. The van der Waals surface area contributed by atoms with Crippen LogP contribution in [0.2, 0.25) is 0 Å². The molecule has 0 aliphatic carbocycles. The zero-order valence-electron chi connectivity index (χ0n) is 14.9. The van der Waals surface area contributed by atoms with Gasteiger partial charge in [-0.05, 0) is 36.8 Å². The summed E-state index contributed by atoms with van der Waals surface area (Å²) in [7, 11) is 0. The average molecular weight is 342 g/mol. The first-order valence-corrected chi connectivity index (χ1v) is 8.87. The lowest BCUT2D eigenvalue weighted by Gasteiger charge is -2.33. The van der Waals surface area contributed by atoms with Crippen LogP contribution >= 0.6 is 0 Å². The SMILES string of the molecule is CC(C)CNC(=O)N1CCC[C@H](CC(=O)[C@@H](C#N)c2ccccn2)C1. The van der Waals surface area contributed by atoms with E-state index in [1.165, 1.54) is 0 Å². The molecule has 0 saturated carbocycles. The molecule has 25 heavy (non-hydrogen) atoms. The van der Waals surface area contributed by atoms with E-state index in [-0.39, 0.29) is 17.7 Å². The number of hydrogen-bond acceptors (Lipinski definition) is 4. The van der Waals surface area contributed by atoms with Gasteiger partial charge in [0.05, 0.1) is 11.8 Å². The van der Waals surface area contributed by atoms with Crippen LogP contribution in [0.5, 0.6) is 0 Å². The van der Waals surface area contributed by atoms with E-state index in [9.17, 15) is 14.9 Å². The Kier molecular flexibility index (Phi) is 6.93. The van der Waals surface area contributed by atoms with Gasteiger partial charge in [-0.25, -0.2) is 4.79 Å². The van der Waals surface area contributed by atoms with Gasteiger partial charge in [-0.3, -0.25) is 9.78 Å². The van der Waals surface area contributed by atoms with E-state index >= 15 is 0 Å². The van der Waals surface area contributed by atoms with Crippen molar-refractivity contribution >= 4 is 11.8 Å². The number of Topliss-reactive ketones (excluding diaryl/α,β-unsaturated/α-hetero) is 1. The molecule has 1 aromatic rings. The summed E-state index contributed by atoms with van der Waals surface area (Å²) in [5.74, 6) is -0.437. The number of rotatable bonds is 6. The van der Waals surface area contributed by atoms with Crippen molar-refractivity contribution in [3.63, 3.8) is 0 Å². The summed E-state index contributed by atoms with van der Waals surface area (Å²) in [5.41, 5.74) is 0.498. The minimum absolute atomic E-state index is 0.0626. The number of piperidine rings is 1. The number of amides is 2. The number of ketones is 1. The monoisotopic (exact) mass is 342 g/mol. The van der Waals surface area contributed by atoms with Crippen LogP contribution in [0.3, 0.4) is 0 Å². The molecule has 1 N–H and O–H groups in total. The van der Waals surface area contributed by atoms with Gasteiger partial charge < -0.3 is 10.2 Å². The second kappa shape index (κ2) is 9.16. The van der Waals surface area contributed by atoms with Crippen LogP contribution in [-0.4, -0.2) is 41.3 Å². The molecule has 2 atom stereocenters. The molecule has 1 fully saturated rings. The molecule has 2 amide bonds. The number of pyridine rings is 1. The minimum Gasteiger partial charge on any atom is -0.338 e. The van der Waals surface area contributed by atoms with Crippen molar-refractivity contribution in [3.8, 4) is 6.07 Å². The maximum absolute atomic E-state index is 12.6. The van der Waals surface area contributed by atoms with Crippen LogP contribution in [0, 0.1) is 23.2 Å². The van der Waals surface area contributed by atoms with Gasteiger partial charge >= 0.3 is 6.03 Å². The lowest BCUT2D eigenvalue weighted by Crippen LogP contribution is -2.46. The van der Waals surface area contributed by atoms with Gasteiger partial charge in [0.25, 0.3) is 0 Å². The highest BCUT2D eigenvalue weighted by Crippen LogP contribution is 2.24. The van der Waals surface area contributed by atoms with Gasteiger partial charge in [0.1, 0.15) is 5.92 Å². The molecule has 6 nitrogen and oxygen atoms in total. The third kappa shape index (κ3) is 5.56. The van der Waals surface area contributed by atoms with Gasteiger partial charge in [0, 0.05) is 32.3 Å². The van der Waals surface area contributed by atoms with Crippen molar-refractivity contribution in [1.82, 2.24) is 15.2 Å². The Bertz CT molecular complexity index is 624. The molecular formula is C19H26N4O2. The fourth-order valence-corrected chi connectivity index (χ4v) is 3.07. The standard InChI is InChI=1S/C19H26N4O2/c1-14(2)12-22-19(25)23-9-5-6-15(13-23)10-18(24)16(11-20)17-7-3-4-8-21-17/h3-4,7-8,14-16H,5-6,9-10,12-13H2,1-2H3,(H,22,25)/t15-,16+/m1/s1. The Morgan fingerprint density at radius 2 is 2.24 bits per heavy atom. The van der Waals surface area contributed by atoms with Crippen molar-refractivity contribution in [2.24, 2.45) is 11.8 Å². The predicted molar refractivity (Wildman–Crippen MR) is 94.7 cm³/mol. The van der Waals surface area contributed by atoms with Crippen molar-refractivity contribution < 1.29 is 9.59 Å². The Labute approximate surface area is 149 Å². The Balaban J connectivity index is 1.92. The summed E-state index contributed by atoms with van der Waals surface area (Å²) in [4.78, 5) is 30.7. The molecule has 134 valence electrons. The summed E-state index contributed by atoms with van der Waals surface area (Å²) in [6.45, 7) is 6.04. The molecule has 6 heteroatoms. The topological polar surface area (TPSA) is 86.1 Å². The first kappa shape index (κ1) is 18.9. The fraction of sp³-hybridized carbons (Fsp3) is 0.579. The van der Waals surface area contributed by atoms with Gasteiger partial charge in [-0.2, -0.15) is 5.26 Å². The number of nitrogens with one attached hydrogen (secondary N) is 1. The highest BCUT2D eigenvalue weighted by Gasteiger charge is 2.29. The number of likely N-dealkylation sites (tertiary alicyclic amines) is 1. The molecule has 0 bridgehead atoms. The molecular weight excluding hydrogens is 316 g/mol. The molecule has 1 saturated heterocycles. The minimum atomic E-state index is -0.827. The van der Waals surface area contributed by atoms with Crippen molar-refractivity contribution in [2.45, 2.75) is 39.0 Å². The van der Waals surface area contributed by atoms with E-state index in [0.717, 1.165) is 19.4 Å². The van der Waals surface area contributed by atoms with Crippen LogP contribution in [0.4, 0.5) is 4.79 Å². The average Bonchev–Trinajstić information content (AvgIpc) is 2.61. The van der Waals surface area contributed by atoms with E-state index in [1.54, 1.807) is 29.3 Å². The summed E-state index contributed by atoms with van der Waals surface area (Å²) >= 11 is 0. The summed E-state index contributed by atoms with van der Waals surface area (Å²) in [6.07, 6.45) is 3.69. The molecule has 1 aliphatic rings. The molecule has 0 spiro atoms. The van der Waals surface area contributed by atoms with Crippen molar-refractivity contribution in [3.05, 3.63) is 30.1 Å². The van der Waals surface area contributed by atoms with E-state index in [0.29, 0.717) is 31.1 Å². The van der Waals surface area contributed by atoms with Crippen LogP contribution < -0.4 is 5.32 Å². The third-order valence-corrected chi connectivity index (χ3v) is 4.39. The zero-order valence-corrected chi connectivity index (χ0v) is 14.9. The molecule has 0 radical (unpaired) electrons. The quantitative estimate of drug-likeness (QED) is 0.861. The number of nitrogens with zero attached hydrogens (tertiary/aromatic N) is 3. The van der Waals surface area contributed by atoms with E-state index < -0.39 is 5.92 Å². The second-order valence-corrected chi connectivity index (χ2v) is 7.02. The summed E-state index contributed by atoms with van der Waals surface area (Å²) in [6, 6.07) is 7.25. The van der Waals surface area contributed by atoms with Gasteiger partial charge in [-0.1, -0.05) is 19.9 Å². The largest absolute Gasteiger partial charge is 0.338 e. The van der Waals surface area contributed by atoms with E-state index in [4.69, 9.17) is 0 Å². The molecule has 2 rings (SSSR count). The zero-order chi connectivity index (χ0) is 18.2. The highest BCUT2D eigenvalue weighted by molar-refractivity contribution is 5.88. The first-order valence-electron chi connectivity index (χ1n) is 8.87. The molecule has 1 aromatic heterocycles. The van der Waals surface area contributed by atoms with Crippen molar-refractivity contribution in [1.29, 1.82) is 5.26 Å². The van der Waals surface area contributed by atoms with E-state index in [2.05, 4.69) is 30.2 Å². The number of urea groups is 1. The van der Waals surface area contributed by atoms with Crippen molar-refractivity contribution in [2.75, 3.05) is 19.6 Å². The number of carbonyl (C=O) groups excluding carboxylic acids is 2. The van der Waals surface area contributed by atoms with Crippen LogP contribution in [-0.2, 0) is 4.79 Å². The first-order chi connectivity index (χ1) is 12.0. The highest BCUT2D eigenvalue weighted by atomic mass is 16.2. The maximum atomic E-state index is 12.6. The normalized spacial score (nSPS) is 18.5. The smallest absolute Gasteiger partial charge is 0.317 e. The summed E-state index contributed by atoms with van der Waals surface area (Å²) < 4.78 is 0. The predicted octanol–water partition coefficient (Wildman–Crippen LogP) is 2.73. The van der Waals surface area contributed by atoms with Crippen LogP contribution in [0.1, 0.15) is 44.7 Å². The molecule has 0 unspecified atom stereocenters. The Morgan fingerprint density at radius 1 is 1.44 bits per heavy atom.